The Morgan fingerprint density at radius 3 is 3.17 bits per heavy atom. The average molecular weight is 334 g/mol. The summed E-state index contributed by atoms with van der Waals surface area (Å²) in [4.78, 5) is 18.6. The molecule has 1 aliphatic heterocycles. The fraction of sp³-hybridized carbons (Fsp3) is 0.600. The Bertz CT molecular complexity index is 682. The van der Waals surface area contributed by atoms with E-state index in [9.17, 15) is 4.79 Å². The number of oxazole rings is 1. The van der Waals surface area contributed by atoms with Crippen molar-refractivity contribution in [3.8, 4) is 0 Å². The van der Waals surface area contributed by atoms with Crippen molar-refractivity contribution in [3.05, 3.63) is 29.7 Å². The molecule has 3 heterocycles. The number of ether oxygens (including phenoxy) is 1. The fourth-order valence-electron chi connectivity index (χ4n) is 2.76. The number of rotatable bonds is 7. The van der Waals surface area contributed by atoms with Crippen LogP contribution in [0.2, 0.25) is 0 Å². The van der Waals surface area contributed by atoms with E-state index in [-0.39, 0.29) is 17.7 Å². The van der Waals surface area contributed by atoms with Crippen molar-refractivity contribution in [1.29, 1.82) is 0 Å². The van der Waals surface area contributed by atoms with Crippen LogP contribution in [0, 0.1) is 0 Å². The highest BCUT2D eigenvalue weighted by Gasteiger charge is 2.23. The zero-order valence-corrected chi connectivity index (χ0v) is 13.9. The molecule has 130 valence electrons. The van der Waals surface area contributed by atoms with E-state index in [4.69, 9.17) is 9.15 Å². The molecule has 3 rings (SSSR count). The predicted octanol–water partition coefficient (Wildman–Crippen LogP) is 0.437. The molecule has 0 spiro atoms. The van der Waals surface area contributed by atoms with Crippen molar-refractivity contribution >= 4 is 5.91 Å². The lowest BCUT2D eigenvalue weighted by molar-refractivity contribution is 0.0944. The summed E-state index contributed by atoms with van der Waals surface area (Å²) in [6.07, 6.45) is 4.30. The van der Waals surface area contributed by atoms with E-state index in [2.05, 4.69) is 25.5 Å². The van der Waals surface area contributed by atoms with Crippen LogP contribution in [0.1, 0.15) is 35.4 Å². The minimum absolute atomic E-state index is 0.264. The molecule has 0 aromatic carbocycles. The van der Waals surface area contributed by atoms with E-state index < -0.39 is 0 Å². The van der Waals surface area contributed by atoms with Gasteiger partial charge in [0.15, 0.2) is 5.69 Å². The SMILES string of the molecule is CCn1nncc1CNC(=O)c1coc(CN2CCC(OC)C2)n1. The monoisotopic (exact) mass is 334 g/mol. The molecule has 1 N–H and O–H groups in total. The lowest BCUT2D eigenvalue weighted by Crippen LogP contribution is -2.25. The Labute approximate surface area is 140 Å². The van der Waals surface area contributed by atoms with Gasteiger partial charge < -0.3 is 14.5 Å². The third-order valence-corrected chi connectivity index (χ3v) is 4.13. The maximum atomic E-state index is 12.2. The lowest BCUT2D eigenvalue weighted by Gasteiger charge is -2.12. The van der Waals surface area contributed by atoms with Crippen LogP contribution >= 0.6 is 0 Å². The summed E-state index contributed by atoms with van der Waals surface area (Å²) in [5, 5.41) is 10.6. The second-order valence-corrected chi connectivity index (χ2v) is 5.73. The van der Waals surface area contributed by atoms with Crippen molar-refractivity contribution in [2.24, 2.45) is 0 Å². The fourth-order valence-corrected chi connectivity index (χ4v) is 2.76. The smallest absolute Gasteiger partial charge is 0.273 e. The van der Waals surface area contributed by atoms with Crippen LogP contribution in [0.15, 0.2) is 16.9 Å². The minimum Gasteiger partial charge on any atom is -0.447 e. The van der Waals surface area contributed by atoms with E-state index in [1.54, 1.807) is 18.0 Å². The van der Waals surface area contributed by atoms with Gasteiger partial charge in [0.05, 0.1) is 31.1 Å². The van der Waals surface area contributed by atoms with Crippen LogP contribution < -0.4 is 5.32 Å². The first-order chi connectivity index (χ1) is 11.7. The quantitative estimate of drug-likeness (QED) is 0.784. The van der Waals surface area contributed by atoms with E-state index in [0.29, 0.717) is 25.5 Å². The zero-order valence-electron chi connectivity index (χ0n) is 13.9. The van der Waals surface area contributed by atoms with Gasteiger partial charge in [0, 0.05) is 26.7 Å². The number of aromatic nitrogens is 4. The maximum Gasteiger partial charge on any atom is 0.273 e. The second-order valence-electron chi connectivity index (χ2n) is 5.73. The summed E-state index contributed by atoms with van der Waals surface area (Å²) in [7, 11) is 1.72. The first-order valence-electron chi connectivity index (χ1n) is 8.04. The largest absolute Gasteiger partial charge is 0.447 e. The van der Waals surface area contributed by atoms with E-state index >= 15 is 0 Å². The molecular weight excluding hydrogens is 312 g/mol. The third-order valence-electron chi connectivity index (χ3n) is 4.13. The number of hydrogen-bond donors (Lipinski definition) is 1. The predicted molar refractivity (Wildman–Crippen MR) is 84.1 cm³/mol. The second kappa shape index (κ2) is 7.54. The molecule has 2 aromatic heterocycles. The number of aryl methyl sites for hydroxylation is 1. The van der Waals surface area contributed by atoms with Gasteiger partial charge in [0.25, 0.3) is 5.91 Å². The van der Waals surface area contributed by atoms with E-state index in [1.807, 2.05) is 6.92 Å². The van der Waals surface area contributed by atoms with Gasteiger partial charge in [-0.1, -0.05) is 5.21 Å². The number of nitrogens with one attached hydrogen (secondary N) is 1. The van der Waals surface area contributed by atoms with E-state index in [0.717, 1.165) is 25.2 Å². The zero-order chi connectivity index (χ0) is 16.9. The number of hydrogen-bond acceptors (Lipinski definition) is 7. The highest BCUT2D eigenvalue weighted by molar-refractivity contribution is 5.91. The molecule has 9 heteroatoms. The molecule has 0 saturated carbocycles. The van der Waals surface area contributed by atoms with Crippen LogP contribution in [-0.4, -0.2) is 57.1 Å². The van der Waals surface area contributed by atoms with Crippen LogP contribution in [0.4, 0.5) is 0 Å². The Kier molecular flexibility index (Phi) is 5.21. The number of methoxy groups -OCH3 is 1. The highest BCUT2D eigenvalue weighted by Crippen LogP contribution is 2.15. The van der Waals surface area contributed by atoms with Crippen LogP contribution in [0.5, 0.6) is 0 Å². The summed E-state index contributed by atoms with van der Waals surface area (Å²) in [5.74, 6) is 0.266. The summed E-state index contributed by atoms with van der Waals surface area (Å²) in [5.41, 5.74) is 1.13. The lowest BCUT2D eigenvalue weighted by atomic mass is 10.3. The molecule has 1 amide bonds. The Balaban J connectivity index is 1.52. The van der Waals surface area contributed by atoms with Crippen LogP contribution in [0.3, 0.4) is 0 Å². The van der Waals surface area contributed by atoms with Crippen molar-refractivity contribution in [2.45, 2.75) is 39.1 Å². The van der Waals surface area contributed by atoms with Gasteiger partial charge >= 0.3 is 0 Å². The molecule has 1 saturated heterocycles. The number of nitrogens with zero attached hydrogens (tertiary/aromatic N) is 5. The summed E-state index contributed by atoms with van der Waals surface area (Å²) < 4.78 is 12.5. The number of amides is 1. The van der Waals surface area contributed by atoms with Crippen molar-refractivity contribution in [3.63, 3.8) is 0 Å². The standard InChI is InChI=1S/C15H22N6O3/c1-3-21-11(7-17-19-21)6-16-15(22)13-10-24-14(18-13)9-20-5-4-12(8-20)23-2/h7,10,12H,3-6,8-9H2,1-2H3,(H,16,22). The Hall–Kier alpha value is -2.26. The first-order valence-corrected chi connectivity index (χ1v) is 8.04. The molecule has 0 bridgehead atoms. The Morgan fingerprint density at radius 1 is 1.54 bits per heavy atom. The maximum absolute atomic E-state index is 12.2. The van der Waals surface area contributed by atoms with Crippen LogP contribution in [0.25, 0.3) is 0 Å². The molecule has 0 radical (unpaired) electrons. The number of carbonyl (C=O) groups excluding carboxylic acids is 1. The molecule has 0 aliphatic carbocycles. The topological polar surface area (TPSA) is 98.3 Å². The summed E-state index contributed by atoms with van der Waals surface area (Å²) in [6, 6.07) is 0. The van der Waals surface area contributed by atoms with Gasteiger partial charge in [-0.05, 0) is 13.3 Å². The Morgan fingerprint density at radius 2 is 2.42 bits per heavy atom. The van der Waals surface area contributed by atoms with Gasteiger partial charge in [-0.15, -0.1) is 5.10 Å². The van der Waals surface area contributed by atoms with Gasteiger partial charge in [0.2, 0.25) is 5.89 Å². The molecule has 2 aromatic rings. The van der Waals surface area contributed by atoms with Gasteiger partial charge in [-0.25, -0.2) is 9.67 Å². The number of carbonyl (C=O) groups is 1. The average Bonchev–Trinajstić information content (AvgIpc) is 3.33. The first kappa shape index (κ1) is 16.6. The molecule has 1 fully saturated rings. The molecule has 24 heavy (non-hydrogen) atoms. The summed E-state index contributed by atoms with van der Waals surface area (Å²) >= 11 is 0. The normalized spacial score (nSPS) is 18.2. The van der Waals surface area contributed by atoms with E-state index in [1.165, 1.54) is 6.26 Å². The minimum atomic E-state index is -0.273. The third kappa shape index (κ3) is 3.80. The van der Waals surface area contributed by atoms with Gasteiger partial charge in [-0.2, -0.15) is 0 Å². The van der Waals surface area contributed by atoms with Crippen molar-refractivity contribution < 1.29 is 13.9 Å². The van der Waals surface area contributed by atoms with Gasteiger partial charge in [0.1, 0.15) is 6.26 Å². The molecule has 1 atom stereocenters. The van der Waals surface area contributed by atoms with Crippen molar-refractivity contribution in [1.82, 2.24) is 30.2 Å². The molecule has 9 nitrogen and oxygen atoms in total. The highest BCUT2D eigenvalue weighted by atomic mass is 16.5. The molecule has 1 aliphatic rings. The van der Waals surface area contributed by atoms with Crippen LogP contribution in [-0.2, 0) is 24.4 Å². The summed E-state index contributed by atoms with van der Waals surface area (Å²) in [6.45, 7) is 5.40. The van der Waals surface area contributed by atoms with Gasteiger partial charge in [-0.3, -0.25) is 9.69 Å². The van der Waals surface area contributed by atoms with Crippen molar-refractivity contribution in [2.75, 3.05) is 20.2 Å². The molecular formula is C15H22N6O3. The number of likely N-dealkylation sites (tertiary alicyclic amines) is 1. The molecule has 1 unspecified atom stereocenters.